The van der Waals surface area contributed by atoms with Gasteiger partial charge in [0.15, 0.2) is 5.82 Å². The number of ether oxygens (including phenoxy) is 1. The highest BCUT2D eigenvalue weighted by molar-refractivity contribution is 5.68. The average molecular weight is 264 g/mol. The third-order valence-corrected chi connectivity index (χ3v) is 3.56. The quantitative estimate of drug-likeness (QED) is 0.908. The van der Waals surface area contributed by atoms with Gasteiger partial charge in [0.05, 0.1) is 6.10 Å². The summed E-state index contributed by atoms with van der Waals surface area (Å²) in [5, 5.41) is 0. The Morgan fingerprint density at radius 2 is 2.05 bits per heavy atom. The lowest BCUT2D eigenvalue weighted by Crippen LogP contribution is -2.42. The number of hydrogen-bond donors (Lipinski definition) is 1. The molecule has 1 aliphatic rings. The topological polar surface area (TPSA) is 64.3 Å². The zero-order valence-electron chi connectivity index (χ0n) is 12.3. The first-order chi connectivity index (χ1) is 8.99. The molecule has 0 amide bonds. The van der Waals surface area contributed by atoms with Crippen LogP contribution in [0.25, 0.3) is 0 Å². The van der Waals surface area contributed by atoms with Gasteiger partial charge in [0.1, 0.15) is 12.0 Å². The minimum atomic E-state index is 0.0581. The van der Waals surface area contributed by atoms with Gasteiger partial charge in [-0.25, -0.2) is 4.98 Å². The van der Waals surface area contributed by atoms with E-state index in [9.17, 15) is 0 Å². The average Bonchev–Trinajstić information content (AvgIpc) is 2.35. The summed E-state index contributed by atoms with van der Waals surface area (Å²) in [5.74, 6) is 1.97. The molecule has 2 unspecified atom stereocenters. The number of nitrogens with zero attached hydrogens (tertiary/aromatic N) is 3. The van der Waals surface area contributed by atoms with Crippen molar-refractivity contribution in [1.82, 2.24) is 9.97 Å². The normalized spacial score (nSPS) is 23.7. The van der Waals surface area contributed by atoms with Crippen LogP contribution in [0.2, 0.25) is 0 Å². The van der Waals surface area contributed by atoms with Gasteiger partial charge in [0.2, 0.25) is 5.88 Å². The second-order valence-electron chi connectivity index (χ2n) is 5.77. The van der Waals surface area contributed by atoms with Gasteiger partial charge in [-0.1, -0.05) is 6.92 Å². The van der Waals surface area contributed by atoms with Crippen LogP contribution in [0, 0.1) is 5.92 Å². The first-order valence-electron chi connectivity index (χ1n) is 7.02. The summed E-state index contributed by atoms with van der Waals surface area (Å²) in [4.78, 5) is 10.8. The van der Waals surface area contributed by atoms with E-state index in [1.54, 1.807) is 0 Å². The molecule has 2 N–H and O–H groups in total. The molecular weight excluding hydrogens is 240 g/mol. The van der Waals surface area contributed by atoms with Gasteiger partial charge in [0.25, 0.3) is 0 Å². The maximum Gasteiger partial charge on any atom is 0.242 e. The summed E-state index contributed by atoms with van der Waals surface area (Å²) in [6, 6.07) is 0.459. The molecule has 1 aromatic rings. The zero-order valence-corrected chi connectivity index (χ0v) is 12.3. The number of nitrogens with two attached hydrogens (primary N) is 1. The molecule has 0 aromatic carbocycles. The molecule has 1 saturated heterocycles. The molecule has 0 saturated carbocycles. The molecule has 5 heteroatoms. The summed E-state index contributed by atoms with van der Waals surface area (Å²) in [5.41, 5.74) is 6.73. The van der Waals surface area contributed by atoms with Crippen molar-refractivity contribution in [2.45, 2.75) is 52.7 Å². The second kappa shape index (κ2) is 5.63. The Labute approximate surface area is 115 Å². The van der Waals surface area contributed by atoms with Crippen molar-refractivity contribution in [2.24, 2.45) is 5.92 Å². The fraction of sp³-hybridized carbons (Fsp3) is 0.714. The van der Waals surface area contributed by atoms with Crippen molar-refractivity contribution in [1.29, 1.82) is 0 Å². The van der Waals surface area contributed by atoms with E-state index in [-0.39, 0.29) is 6.10 Å². The van der Waals surface area contributed by atoms with E-state index >= 15 is 0 Å². The molecule has 2 rings (SSSR count). The van der Waals surface area contributed by atoms with Crippen LogP contribution in [0.15, 0.2) is 6.33 Å². The Kier molecular flexibility index (Phi) is 4.12. The van der Waals surface area contributed by atoms with Gasteiger partial charge in [-0.3, -0.25) is 0 Å². The molecular formula is C14H24N4O. The predicted molar refractivity (Wildman–Crippen MR) is 77.4 cm³/mol. The number of anilines is 2. The first kappa shape index (κ1) is 13.9. The summed E-state index contributed by atoms with van der Waals surface area (Å²) in [6.45, 7) is 9.40. The fourth-order valence-electron chi connectivity index (χ4n) is 2.50. The maximum absolute atomic E-state index is 6.18. The monoisotopic (exact) mass is 264 g/mol. The molecule has 19 heavy (non-hydrogen) atoms. The van der Waals surface area contributed by atoms with Crippen molar-refractivity contribution < 1.29 is 4.74 Å². The molecule has 2 atom stereocenters. The molecule has 1 aliphatic heterocycles. The summed E-state index contributed by atoms with van der Waals surface area (Å²) < 4.78 is 5.64. The van der Waals surface area contributed by atoms with Crippen molar-refractivity contribution in [3.05, 3.63) is 6.33 Å². The highest BCUT2D eigenvalue weighted by atomic mass is 16.5. The van der Waals surface area contributed by atoms with Crippen LogP contribution in [0.4, 0.5) is 11.5 Å². The number of piperidine rings is 1. The Bertz CT molecular complexity index is 435. The molecule has 5 nitrogen and oxygen atoms in total. The third kappa shape index (κ3) is 3.08. The highest BCUT2D eigenvalue weighted by Crippen LogP contribution is 2.33. The first-order valence-corrected chi connectivity index (χ1v) is 7.02. The third-order valence-electron chi connectivity index (χ3n) is 3.56. The van der Waals surface area contributed by atoms with Crippen LogP contribution in [-0.2, 0) is 0 Å². The largest absolute Gasteiger partial charge is 0.473 e. The molecule has 0 bridgehead atoms. The van der Waals surface area contributed by atoms with Crippen molar-refractivity contribution in [3.8, 4) is 5.88 Å². The van der Waals surface area contributed by atoms with Crippen LogP contribution < -0.4 is 15.4 Å². The maximum atomic E-state index is 6.18. The Morgan fingerprint density at radius 3 is 2.74 bits per heavy atom. The van der Waals surface area contributed by atoms with E-state index in [1.807, 2.05) is 13.8 Å². The Morgan fingerprint density at radius 1 is 1.32 bits per heavy atom. The SMILES string of the molecule is CC1CCC(C)N(c2ncnc(OC(C)C)c2N)C1. The van der Waals surface area contributed by atoms with E-state index in [0.29, 0.717) is 23.5 Å². The standard InChI is InChI=1S/C14H24N4O/c1-9(2)19-14-12(15)13(16-8-17-14)18-7-10(3)5-6-11(18)4/h8-11H,5-7,15H2,1-4H3. The Hall–Kier alpha value is -1.52. The smallest absolute Gasteiger partial charge is 0.242 e. The summed E-state index contributed by atoms with van der Waals surface area (Å²) >= 11 is 0. The lowest BCUT2D eigenvalue weighted by atomic mass is 9.95. The van der Waals surface area contributed by atoms with E-state index in [4.69, 9.17) is 10.5 Å². The van der Waals surface area contributed by atoms with Crippen LogP contribution in [-0.4, -0.2) is 28.7 Å². The molecule has 1 fully saturated rings. The second-order valence-corrected chi connectivity index (χ2v) is 5.77. The lowest BCUT2D eigenvalue weighted by molar-refractivity contribution is 0.233. The van der Waals surface area contributed by atoms with Gasteiger partial charge in [-0.15, -0.1) is 0 Å². The van der Waals surface area contributed by atoms with Crippen LogP contribution >= 0.6 is 0 Å². The molecule has 1 aromatic heterocycles. The van der Waals surface area contributed by atoms with E-state index in [2.05, 4.69) is 28.7 Å². The molecule has 0 spiro atoms. The van der Waals surface area contributed by atoms with E-state index in [0.717, 1.165) is 12.4 Å². The predicted octanol–water partition coefficient (Wildman–Crippen LogP) is 2.47. The van der Waals surface area contributed by atoms with Gasteiger partial charge in [0, 0.05) is 12.6 Å². The van der Waals surface area contributed by atoms with E-state index < -0.39 is 0 Å². The van der Waals surface area contributed by atoms with Crippen LogP contribution in [0.1, 0.15) is 40.5 Å². The van der Waals surface area contributed by atoms with Gasteiger partial charge >= 0.3 is 0 Å². The number of hydrogen-bond acceptors (Lipinski definition) is 5. The molecule has 0 radical (unpaired) electrons. The van der Waals surface area contributed by atoms with Gasteiger partial charge in [-0.05, 0) is 39.5 Å². The summed E-state index contributed by atoms with van der Waals surface area (Å²) in [7, 11) is 0. The minimum Gasteiger partial charge on any atom is -0.473 e. The lowest BCUT2D eigenvalue weighted by Gasteiger charge is -2.38. The van der Waals surface area contributed by atoms with Crippen LogP contribution in [0.5, 0.6) is 5.88 Å². The molecule has 106 valence electrons. The Balaban J connectivity index is 2.28. The number of aromatic nitrogens is 2. The van der Waals surface area contributed by atoms with Crippen molar-refractivity contribution in [2.75, 3.05) is 17.2 Å². The minimum absolute atomic E-state index is 0.0581. The molecule has 0 aliphatic carbocycles. The van der Waals surface area contributed by atoms with E-state index in [1.165, 1.54) is 19.2 Å². The summed E-state index contributed by atoms with van der Waals surface area (Å²) in [6.07, 6.45) is 4.03. The van der Waals surface area contributed by atoms with Gasteiger partial charge < -0.3 is 15.4 Å². The van der Waals surface area contributed by atoms with Crippen LogP contribution in [0.3, 0.4) is 0 Å². The van der Waals surface area contributed by atoms with Crippen molar-refractivity contribution >= 4 is 11.5 Å². The van der Waals surface area contributed by atoms with Gasteiger partial charge in [-0.2, -0.15) is 4.98 Å². The number of rotatable bonds is 3. The van der Waals surface area contributed by atoms with Crippen molar-refractivity contribution in [3.63, 3.8) is 0 Å². The zero-order chi connectivity index (χ0) is 14.0. The number of nitrogen functional groups attached to an aromatic ring is 1. The molecule has 2 heterocycles. The fourth-order valence-corrected chi connectivity index (χ4v) is 2.50. The highest BCUT2D eigenvalue weighted by Gasteiger charge is 2.26.